The molecule has 1 aromatic rings. The highest BCUT2D eigenvalue weighted by atomic mass is 32.2. The first-order chi connectivity index (χ1) is 6.67. The lowest BCUT2D eigenvalue weighted by atomic mass is 10.4. The number of nitrogens with two attached hydrogens (primary N) is 1. The summed E-state index contributed by atoms with van der Waals surface area (Å²) in [6, 6.07) is 3.75. The summed E-state index contributed by atoms with van der Waals surface area (Å²) in [7, 11) is 0. The van der Waals surface area contributed by atoms with E-state index in [4.69, 9.17) is 11.1 Å². The molecule has 1 heterocycles. The first-order valence-corrected chi connectivity index (χ1v) is 4.73. The lowest BCUT2D eigenvalue weighted by Crippen LogP contribution is -2.08. The summed E-state index contributed by atoms with van der Waals surface area (Å²) in [6.07, 6.45) is 3.52. The van der Waals surface area contributed by atoms with E-state index in [2.05, 4.69) is 11.7 Å². The van der Waals surface area contributed by atoms with Crippen molar-refractivity contribution in [2.24, 2.45) is 0 Å². The average Bonchev–Trinajstić information content (AvgIpc) is 2.60. The summed E-state index contributed by atoms with van der Waals surface area (Å²) in [6.45, 7) is 5.47. The molecule has 0 unspecified atom stereocenters. The van der Waals surface area contributed by atoms with Gasteiger partial charge in [0.05, 0.1) is 4.91 Å². The molecule has 0 atom stereocenters. The Bertz CT molecular complexity index is 411. The molecule has 5 heteroatoms. The van der Waals surface area contributed by atoms with Gasteiger partial charge in [0.1, 0.15) is 11.8 Å². The molecular weight excluding hydrogens is 196 g/mol. The van der Waals surface area contributed by atoms with Crippen molar-refractivity contribution >= 4 is 16.7 Å². The maximum atomic E-state index is 8.58. The Morgan fingerprint density at radius 3 is 3.00 bits per heavy atom. The Hall–Kier alpha value is -1.67. The highest BCUT2D eigenvalue weighted by Crippen LogP contribution is 2.30. The van der Waals surface area contributed by atoms with Gasteiger partial charge in [-0.2, -0.15) is 15.2 Å². The number of rotatable bonds is 3. The van der Waals surface area contributed by atoms with Crippen LogP contribution in [0.3, 0.4) is 0 Å². The number of allylic oxidation sites excluding steroid dienone is 2. The van der Waals surface area contributed by atoms with Crippen molar-refractivity contribution < 1.29 is 0 Å². The van der Waals surface area contributed by atoms with Gasteiger partial charge in [-0.05, 0) is 13.0 Å². The van der Waals surface area contributed by atoms with E-state index in [1.807, 2.05) is 19.1 Å². The van der Waals surface area contributed by atoms with E-state index in [1.54, 1.807) is 12.3 Å². The topological polar surface area (TPSA) is 67.6 Å². The predicted octanol–water partition coefficient (Wildman–Crippen LogP) is 1.73. The van der Waals surface area contributed by atoms with Crippen molar-refractivity contribution in [1.29, 1.82) is 5.26 Å². The van der Waals surface area contributed by atoms with Gasteiger partial charge in [0.15, 0.2) is 0 Å². The average molecular weight is 206 g/mol. The van der Waals surface area contributed by atoms with Gasteiger partial charge in [0.25, 0.3) is 0 Å². The highest BCUT2D eigenvalue weighted by molar-refractivity contribution is 8.12. The van der Waals surface area contributed by atoms with Gasteiger partial charge in [0.2, 0.25) is 0 Å². The minimum Gasteiger partial charge on any atom is -0.323 e. The molecule has 14 heavy (non-hydrogen) atoms. The molecular formula is C9H10N4S. The van der Waals surface area contributed by atoms with Crippen LogP contribution in [-0.2, 0) is 0 Å². The molecule has 72 valence electrons. The molecule has 1 rings (SSSR count). The molecule has 0 fully saturated rings. The number of thioether (sulfide) groups is 1. The molecule has 0 saturated heterocycles. The number of hydrogen-bond donors (Lipinski definition) is 1. The first-order valence-electron chi connectivity index (χ1n) is 3.91. The summed E-state index contributed by atoms with van der Waals surface area (Å²) in [4.78, 5) is 2.54. The lowest BCUT2D eigenvalue weighted by molar-refractivity contribution is 0.827. The van der Waals surface area contributed by atoms with Crippen molar-refractivity contribution in [3.8, 4) is 6.07 Å². The third-order valence-corrected chi connectivity index (χ3v) is 2.48. The zero-order valence-electron chi connectivity index (χ0n) is 7.77. The third kappa shape index (κ3) is 2.41. The number of hydrogen-bond acceptors (Lipinski definition) is 4. The molecule has 0 bridgehead atoms. The molecule has 0 spiro atoms. The van der Waals surface area contributed by atoms with Gasteiger partial charge >= 0.3 is 0 Å². The molecule has 0 amide bonds. The van der Waals surface area contributed by atoms with Gasteiger partial charge in [-0.1, -0.05) is 24.4 Å². The van der Waals surface area contributed by atoms with Gasteiger partial charge in [0, 0.05) is 11.1 Å². The van der Waals surface area contributed by atoms with Crippen molar-refractivity contribution in [3.63, 3.8) is 0 Å². The molecule has 0 radical (unpaired) electrons. The van der Waals surface area contributed by atoms with E-state index in [0.717, 1.165) is 10.6 Å². The number of nitrogen functional groups attached to an aromatic ring is 1. The van der Waals surface area contributed by atoms with Crippen LogP contribution in [0.5, 0.6) is 0 Å². The molecule has 0 aliphatic carbocycles. The Morgan fingerprint density at radius 2 is 2.57 bits per heavy atom. The van der Waals surface area contributed by atoms with Gasteiger partial charge in [-0.3, -0.25) is 0 Å². The van der Waals surface area contributed by atoms with Crippen LogP contribution in [-0.4, -0.2) is 9.89 Å². The minimum atomic E-state index is 0.435. The van der Waals surface area contributed by atoms with Crippen LogP contribution in [0.1, 0.15) is 12.6 Å². The fourth-order valence-electron chi connectivity index (χ4n) is 0.884. The maximum absolute atomic E-state index is 8.58. The van der Waals surface area contributed by atoms with Crippen molar-refractivity contribution in [1.82, 2.24) is 9.89 Å². The molecule has 0 aliphatic rings. The quantitative estimate of drug-likeness (QED) is 0.604. The summed E-state index contributed by atoms with van der Waals surface area (Å²) < 4.78 is 0. The standard InChI is InChI=1S/C9H10N4S/c1-3-9(14-7(2)6-10)8-4-5-13(11)12-8/h3-5H,2,11H2,1H3/b9-3-. The SMILES string of the molecule is C=C(C#N)S/C(=C\C)c1ccn(N)n1. The van der Waals surface area contributed by atoms with E-state index in [1.165, 1.54) is 16.6 Å². The summed E-state index contributed by atoms with van der Waals surface area (Å²) >= 11 is 1.29. The molecule has 1 aromatic heterocycles. The highest BCUT2D eigenvalue weighted by Gasteiger charge is 2.06. The van der Waals surface area contributed by atoms with Crippen LogP contribution >= 0.6 is 11.8 Å². The third-order valence-electron chi connectivity index (χ3n) is 1.48. The van der Waals surface area contributed by atoms with Crippen molar-refractivity contribution in [2.75, 3.05) is 5.84 Å². The van der Waals surface area contributed by atoms with Crippen molar-refractivity contribution in [2.45, 2.75) is 6.92 Å². The second kappa shape index (κ2) is 4.53. The zero-order valence-corrected chi connectivity index (χ0v) is 8.58. The monoisotopic (exact) mass is 206 g/mol. The normalized spacial score (nSPS) is 11.0. The summed E-state index contributed by atoms with van der Waals surface area (Å²) in [5.74, 6) is 5.42. The molecule has 0 aliphatic heterocycles. The van der Waals surface area contributed by atoms with E-state index in [-0.39, 0.29) is 0 Å². The van der Waals surface area contributed by atoms with Crippen molar-refractivity contribution in [3.05, 3.63) is 35.5 Å². The predicted molar refractivity (Wildman–Crippen MR) is 58.4 cm³/mol. The van der Waals surface area contributed by atoms with E-state index in [9.17, 15) is 0 Å². The number of aromatic nitrogens is 2. The van der Waals surface area contributed by atoms with Gasteiger partial charge in [-0.25, -0.2) is 0 Å². The summed E-state index contributed by atoms with van der Waals surface area (Å²) in [5.41, 5.74) is 0.747. The van der Waals surface area contributed by atoms with Crippen LogP contribution in [0.15, 0.2) is 29.8 Å². The fourth-order valence-corrected chi connectivity index (χ4v) is 1.53. The maximum Gasteiger partial charge on any atom is 0.106 e. The van der Waals surface area contributed by atoms with Crippen LogP contribution in [0.25, 0.3) is 4.91 Å². The van der Waals surface area contributed by atoms with Crippen LogP contribution in [0.2, 0.25) is 0 Å². The molecule has 4 nitrogen and oxygen atoms in total. The Kier molecular flexibility index (Phi) is 3.37. The van der Waals surface area contributed by atoms with Crippen LogP contribution in [0.4, 0.5) is 0 Å². The van der Waals surface area contributed by atoms with E-state index in [0.29, 0.717) is 4.91 Å². The molecule has 2 N–H and O–H groups in total. The Labute approximate surface area is 86.7 Å². The van der Waals surface area contributed by atoms with E-state index >= 15 is 0 Å². The first kappa shape index (κ1) is 10.4. The number of nitriles is 1. The fraction of sp³-hybridized carbons (Fsp3) is 0.111. The summed E-state index contributed by atoms with van der Waals surface area (Å²) in [5, 5.41) is 12.6. The van der Waals surface area contributed by atoms with Crippen LogP contribution in [0, 0.1) is 11.3 Å². The Balaban J connectivity index is 2.85. The minimum absolute atomic E-state index is 0.435. The molecule has 0 aromatic carbocycles. The lowest BCUT2D eigenvalue weighted by Gasteiger charge is -1.99. The second-order valence-electron chi connectivity index (χ2n) is 2.47. The van der Waals surface area contributed by atoms with E-state index < -0.39 is 0 Å². The Morgan fingerprint density at radius 1 is 1.86 bits per heavy atom. The van der Waals surface area contributed by atoms with Crippen LogP contribution < -0.4 is 5.84 Å². The number of nitrogens with zero attached hydrogens (tertiary/aromatic N) is 3. The zero-order chi connectivity index (χ0) is 10.6. The van der Waals surface area contributed by atoms with Gasteiger partial charge in [-0.15, -0.1) is 0 Å². The van der Waals surface area contributed by atoms with Gasteiger partial charge < -0.3 is 5.84 Å². The largest absolute Gasteiger partial charge is 0.323 e. The smallest absolute Gasteiger partial charge is 0.106 e. The molecule has 0 saturated carbocycles. The second-order valence-corrected chi connectivity index (χ2v) is 3.61.